The molecule has 0 saturated carbocycles. The summed E-state index contributed by atoms with van der Waals surface area (Å²) in [5.41, 5.74) is 0. The molecule has 0 aromatic rings. The van der Waals surface area contributed by atoms with Crippen LogP contribution < -0.4 is 0 Å². The van der Waals surface area contributed by atoms with E-state index in [0.29, 0.717) is 0 Å². The second-order valence-corrected chi connectivity index (χ2v) is 2.18. The van der Waals surface area contributed by atoms with Gasteiger partial charge >= 0.3 is 0 Å². The smallest absolute Gasteiger partial charge is 0.0471 e. The molecule has 0 aliphatic heterocycles. The molecule has 0 rings (SSSR count). The Morgan fingerprint density at radius 1 is 1.12 bits per heavy atom. The van der Waals surface area contributed by atoms with Gasteiger partial charge < -0.3 is 0 Å². The Balaban J connectivity index is -0.000000125. The third-order valence-corrected chi connectivity index (χ3v) is 0.866. The fourth-order valence-electron chi connectivity index (χ4n) is 0.577. The monoisotopic (exact) mass is 246 g/mol. The molecule has 2 heteroatoms. The lowest BCUT2D eigenvalue weighted by Crippen LogP contribution is -1.81. The summed E-state index contributed by atoms with van der Waals surface area (Å²) in [5, 5.41) is 0. The van der Waals surface area contributed by atoms with E-state index in [1.165, 1.54) is 12.8 Å². The molecule has 0 atom stereocenters. The van der Waals surface area contributed by atoms with Crippen LogP contribution in [-0.4, -0.2) is 0 Å². The van der Waals surface area contributed by atoms with Gasteiger partial charge in [-0.1, -0.05) is 33.6 Å². The molecule has 0 aromatic carbocycles. The van der Waals surface area contributed by atoms with E-state index < -0.39 is 0 Å². The van der Waals surface area contributed by atoms with E-state index >= 15 is 0 Å². The molecule has 0 fully saturated rings. The molecule has 0 saturated heterocycles. The van der Waals surface area contributed by atoms with Crippen LogP contribution in [0.4, 0.5) is 0 Å². The fraction of sp³-hybridized carbons (Fsp3) is 1.00. The lowest BCUT2D eigenvalue weighted by molar-refractivity contribution is 0.576. The van der Waals surface area contributed by atoms with Crippen molar-refractivity contribution in [1.29, 1.82) is 0 Å². The van der Waals surface area contributed by atoms with Gasteiger partial charge in [0.05, 0.1) is 0 Å². The normalized spacial score (nSPS) is 7.50. The Bertz CT molecular complexity index is 27.7. The Kier molecular flexibility index (Phi) is 21.7. The predicted octanol–water partition coefficient (Wildman–Crippen LogP) is 3.60. The van der Waals surface area contributed by atoms with Gasteiger partial charge in [-0.2, -0.15) is 0 Å². The largest absolute Gasteiger partial charge is 0.114 e. The summed E-state index contributed by atoms with van der Waals surface area (Å²) >= 11 is 0. The second-order valence-electron chi connectivity index (χ2n) is 2.18. The molecule has 8 heavy (non-hydrogen) atoms. The molecule has 0 bridgehead atoms. The van der Waals surface area contributed by atoms with Crippen molar-refractivity contribution in [2.75, 3.05) is 0 Å². The van der Waals surface area contributed by atoms with Gasteiger partial charge in [0.2, 0.25) is 0 Å². The maximum atomic E-state index is 2.25. The van der Waals surface area contributed by atoms with Crippen LogP contribution in [0.5, 0.6) is 0 Å². The average Bonchev–Trinajstić information content (AvgIpc) is 1.35. The van der Waals surface area contributed by atoms with Crippen molar-refractivity contribution >= 4 is 34.0 Å². The standard InChI is InChI=1S/C6H14.2BrH/c1-4-5-6(2)3;;/h6H,4-5H2,1-3H3;2*1H. The van der Waals surface area contributed by atoms with Gasteiger partial charge in [0.15, 0.2) is 0 Å². The van der Waals surface area contributed by atoms with E-state index in [1.807, 2.05) is 0 Å². The molecule has 54 valence electrons. The van der Waals surface area contributed by atoms with Crippen molar-refractivity contribution in [2.24, 2.45) is 5.92 Å². The Labute approximate surface area is 73.6 Å². The van der Waals surface area contributed by atoms with Crippen molar-refractivity contribution in [3.05, 3.63) is 0 Å². The van der Waals surface area contributed by atoms with Gasteiger partial charge in [-0.3, -0.25) is 0 Å². The molecule has 0 aliphatic rings. The molecule has 0 unspecified atom stereocenters. The van der Waals surface area contributed by atoms with Crippen molar-refractivity contribution in [2.45, 2.75) is 33.6 Å². The maximum Gasteiger partial charge on any atom is -0.0471 e. The number of hydrogen-bond acceptors (Lipinski definition) is 0. The van der Waals surface area contributed by atoms with Crippen LogP contribution in [0.1, 0.15) is 33.6 Å². The van der Waals surface area contributed by atoms with E-state index in [4.69, 9.17) is 0 Å². The topological polar surface area (TPSA) is 0 Å². The minimum atomic E-state index is 0. The van der Waals surface area contributed by atoms with Gasteiger partial charge in [-0.25, -0.2) is 0 Å². The lowest BCUT2D eigenvalue weighted by atomic mass is 10.1. The summed E-state index contributed by atoms with van der Waals surface area (Å²) < 4.78 is 0. The van der Waals surface area contributed by atoms with E-state index in [9.17, 15) is 0 Å². The molecule has 0 aliphatic carbocycles. The van der Waals surface area contributed by atoms with Crippen molar-refractivity contribution < 1.29 is 0 Å². The van der Waals surface area contributed by atoms with Crippen LogP contribution in [0, 0.1) is 5.92 Å². The SMILES string of the molecule is Br.Br.CCCC(C)C. The van der Waals surface area contributed by atoms with Crippen LogP contribution in [0.25, 0.3) is 0 Å². The Morgan fingerprint density at radius 3 is 1.50 bits per heavy atom. The molecular weight excluding hydrogens is 232 g/mol. The average molecular weight is 248 g/mol. The zero-order chi connectivity index (χ0) is 4.99. The number of rotatable bonds is 2. The highest BCUT2D eigenvalue weighted by Crippen LogP contribution is 2.00. The van der Waals surface area contributed by atoms with Crippen molar-refractivity contribution in [3.63, 3.8) is 0 Å². The van der Waals surface area contributed by atoms with Crippen LogP contribution in [0.2, 0.25) is 0 Å². The van der Waals surface area contributed by atoms with Crippen LogP contribution in [0.3, 0.4) is 0 Å². The first kappa shape index (κ1) is 16.0. The number of halogens is 2. The zero-order valence-electron chi connectivity index (χ0n) is 5.81. The van der Waals surface area contributed by atoms with E-state index in [1.54, 1.807) is 0 Å². The summed E-state index contributed by atoms with van der Waals surface area (Å²) in [6, 6.07) is 0. The predicted molar refractivity (Wildman–Crippen MR) is 50.4 cm³/mol. The first-order valence-electron chi connectivity index (χ1n) is 2.77. The van der Waals surface area contributed by atoms with Crippen LogP contribution in [-0.2, 0) is 0 Å². The van der Waals surface area contributed by atoms with Gasteiger partial charge in [0, 0.05) is 0 Å². The molecule has 0 radical (unpaired) electrons. The fourth-order valence-corrected chi connectivity index (χ4v) is 0.577. The quantitative estimate of drug-likeness (QED) is 0.700. The van der Waals surface area contributed by atoms with Crippen molar-refractivity contribution in [1.82, 2.24) is 0 Å². The van der Waals surface area contributed by atoms with Crippen molar-refractivity contribution in [3.8, 4) is 0 Å². The summed E-state index contributed by atoms with van der Waals surface area (Å²) in [7, 11) is 0. The summed E-state index contributed by atoms with van der Waals surface area (Å²) in [4.78, 5) is 0. The zero-order valence-corrected chi connectivity index (χ0v) is 9.23. The molecule has 0 N–H and O–H groups in total. The van der Waals surface area contributed by atoms with E-state index in [-0.39, 0.29) is 34.0 Å². The van der Waals surface area contributed by atoms with Gasteiger partial charge in [0.1, 0.15) is 0 Å². The Morgan fingerprint density at radius 2 is 1.50 bits per heavy atom. The first-order valence-corrected chi connectivity index (χ1v) is 2.77. The minimum absolute atomic E-state index is 0. The highest BCUT2D eigenvalue weighted by molar-refractivity contribution is 8.93. The first-order chi connectivity index (χ1) is 2.77. The highest BCUT2D eigenvalue weighted by atomic mass is 79.9. The highest BCUT2D eigenvalue weighted by Gasteiger charge is 1.85. The molecule has 0 heterocycles. The minimum Gasteiger partial charge on any atom is -0.114 e. The molecule has 0 aromatic heterocycles. The summed E-state index contributed by atoms with van der Waals surface area (Å²) in [6.07, 6.45) is 2.71. The van der Waals surface area contributed by atoms with Gasteiger partial charge in [0.25, 0.3) is 0 Å². The van der Waals surface area contributed by atoms with E-state index in [0.717, 1.165) is 5.92 Å². The molecular formula is C6H16Br2. The molecule has 0 amide bonds. The summed E-state index contributed by atoms with van der Waals surface area (Å²) in [6.45, 7) is 6.73. The third-order valence-electron chi connectivity index (χ3n) is 0.866. The van der Waals surface area contributed by atoms with E-state index in [2.05, 4.69) is 20.8 Å². The molecule has 0 nitrogen and oxygen atoms in total. The van der Waals surface area contributed by atoms with Crippen LogP contribution >= 0.6 is 34.0 Å². The van der Waals surface area contributed by atoms with Gasteiger partial charge in [-0.05, 0) is 5.92 Å². The van der Waals surface area contributed by atoms with Crippen LogP contribution in [0.15, 0.2) is 0 Å². The maximum absolute atomic E-state index is 2.25. The third kappa shape index (κ3) is 15.8. The molecule has 0 spiro atoms. The number of hydrogen-bond donors (Lipinski definition) is 0. The summed E-state index contributed by atoms with van der Waals surface area (Å²) in [5.74, 6) is 0.898. The second kappa shape index (κ2) is 10.9. The van der Waals surface area contributed by atoms with Gasteiger partial charge in [-0.15, -0.1) is 34.0 Å². The Hall–Kier alpha value is 0.960. The lowest BCUT2D eigenvalue weighted by Gasteiger charge is -1.95.